The van der Waals surface area contributed by atoms with Crippen molar-refractivity contribution in [2.24, 2.45) is 0 Å². The molecule has 0 radical (unpaired) electrons. The number of amides is 1. The van der Waals surface area contributed by atoms with Crippen molar-refractivity contribution >= 4 is 17.2 Å². The minimum absolute atomic E-state index is 0.187. The Kier molecular flexibility index (Phi) is 2.64. The number of carbonyl (C=O) groups is 1. The number of thiophene rings is 1. The molecule has 2 aromatic rings. The third kappa shape index (κ3) is 2.08. The molecule has 0 saturated carbocycles. The summed E-state index contributed by atoms with van der Waals surface area (Å²) in [7, 11) is 0. The van der Waals surface area contributed by atoms with Crippen LogP contribution in [0.3, 0.4) is 0 Å². The Balaban J connectivity index is 1.54. The van der Waals surface area contributed by atoms with E-state index < -0.39 is 0 Å². The van der Waals surface area contributed by atoms with Crippen LogP contribution in [0.2, 0.25) is 0 Å². The van der Waals surface area contributed by atoms with Crippen LogP contribution in [0.1, 0.15) is 11.6 Å². The molecule has 17 heavy (non-hydrogen) atoms. The van der Waals surface area contributed by atoms with E-state index in [0.717, 1.165) is 18.7 Å². The summed E-state index contributed by atoms with van der Waals surface area (Å²) < 4.78 is 0. The van der Waals surface area contributed by atoms with Crippen molar-refractivity contribution < 1.29 is 4.79 Å². The highest BCUT2D eigenvalue weighted by atomic mass is 32.1. The van der Waals surface area contributed by atoms with Gasteiger partial charge in [-0.25, -0.2) is 0 Å². The topological polar surface area (TPSA) is 51.0 Å². The van der Waals surface area contributed by atoms with Gasteiger partial charge in [-0.15, -0.1) is 0 Å². The van der Waals surface area contributed by atoms with Gasteiger partial charge in [0, 0.05) is 13.1 Å². The highest BCUT2D eigenvalue weighted by Crippen LogP contribution is 2.20. The van der Waals surface area contributed by atoms with Crippen molar-refractivity contribution in [3.05, 3.63) is 34.8 Å². The molecule has 2 aromatic heterocycles. The molecule has 0 aliphatic carbocycles. The molecule has 0 aromatic carbocycles. The smallest absolute Gasteiger partial charge is 0.227 e. The molecule has 1 amide bonds. The number of carbonyl (C=O) groups excluding carboxylic acids is 1. The van der Waals surface area contributed by atoms with Crippen LogP contribution in [-0.4, -0.2) is 38.9 Å². The van der Waals surface area contributed by atoms with Crippen LogP contribution in [0.15, 0.2) is 29.2 Å². The molecule has 3 heterocycles. The average Bonchev–Trinajstić information content (AvgIpc) is 2.87. The summed E-state index contributed by atoms with van der Waals surface area (Å²) in [6, 6.07) is 2.24. The summed E-state index contributed by atoms with van der Waals surface area (Å²) in [5, 5.41) is 12.2. The van der Waals surface area contributed by atoms with Crippen molar-refractivity contribution in [3.63, 3.8) is 0 Å². The maximum atomic E-state index is 11.9. The predicted molar refractivity (Wildman–Crippen MR) is 63.7 cm³/mol. The molecule has 1 saturated heterocycles. The molecule has 1 fully saturated rings. The van der Waals surface area contributed by atoms with Crippen molar-refractivity contribution in [1.82, 2.24) is 19.9 Å². The number of hydrogen-bond donors (Lipinski definition) is 0. The number of likely N-dealkylation sites (tertiary alicyclic amines) is 1. The van der Waals surface area contributed by atoms with E-state index in [2.05, 4.69) is 10.2 Å². The number of rotatable bonds is 3. The fourth-order valence-electron chi connectivity index (χ4n) is 1.90. The van der Waals surface area contributed by atoms with E-state index >= 15 is 0 Å². The molecule has 1 aliphatic heterocycles. The Morgan fingerprint density at radius 2 is 2.18 bits per heavy atom. The molecule has 0 bridgehead atoms. The molecule has 1 aliphatic rings. The maximum absolute atomic E-state index is 11.9. The zero-order chi connectivity index (χ0) is 11.7. The van der Waals surface area contributed by atoms with Gasteiger partial charge in [-0.2, -0.15) is 26.3 Å². The number of nitrogens with zero attached hydrogens (tertiary/aromatic N) is 4. The van der Waals surface area contributed by atoms with Gasteiger partial charge in [-0.3, -0.25) is 4.79 Å². The number of hydrogen-bond acceptors (Lipinski definition) is 4. The fourth-order valence-corrected chi connectivity index (χ4v) is 2.57. The lowest BCUT2D eigenvalue weighted by atomic mass is 10.1. The first-order valence-corrected chi connectivity index (χ1v) is 6.42. The Labute approximate surface area is 103 Å². The zero-order valence-electron chi connectivity index (χ0n) is 9.19. The maximum Gasteiger partial charge on any atom is 0.227 e. The van der Waals surface area contributed by atoms with Crippen molar-refractivity contribution in [2.45, 2.75) is 12.5 Å². The summed E-state index contributed by atoms with van der Waals surface area (Å²) in [6.07, 6.45) is 3.83. The van der Waals surface area contributed by atoms with E-state index in [1.54, 1.807) is 28.5 Å². The van der Waals surface area contributed by atoms with Gasteiger partial charge < -0.3 is 4.90 Å². The minimum Gasteiger partial charge on any atom is -0.338 e. The summed E-state index contributed by atoms with van der Waals surface area (Å²) in [4.78, 5) is 15.4. The van der Waals surface area contributed by atoms with Crippen molar-refractivity contribution in [1.29, 1.82) is 0 Å². The lowest BCUT2D eigenvalue weighted by Crippen LogP contribution is -2.51. The molecular formula is C11H12N4OS. The van der Waals surface area contributed by atoms with Crippen LogP contribution in [0.4, 0.5) is 0 Å². The average molecular weight is 248 g/mol. The largest absolute Gasteiger partial charge is 0.338 e. The lowest BCUT2D eigenvalue weighted by molar-refractivity contribution is -0.136. The molecule has 5 nitrogen and oxygen atoms in total. The van der Waals surface area contributed by atoms with E-state index in [4.69, 9.17) is 0 Å². The molecule has 0 N–H and O–H groups in total. The second-order valence-electron chi connectivity index (χ2n) is 4.11. The number of aromatic nitrogens is 3. The van der Waals surface area contributed by atoms with Gasteiger partial charge in [0.15, 0.2) is 0 Å². The molecule has 6 heteroatoms. The van der Waals surface area contributed by atoms with E-state index in [1.165, 1.54) is 0 Å². The first kappa shape index (κ1) is 10.5. The Morgan fingerprint density at radius 1 is 1.41 bits per heavy atom. The first-order chi connectivity index (χ1) is 8.33. The van der Waals surface area contributed by atoms with Gasteiger partial charge in [0.05, 0.1) is 18.8 Å². The van der Waals surface area contributed by atoms with Crippen LogP contribution < -0.4 is 0 Å². The fraction of sp³-hybridized carbons (Fsp3) is 0.364. The molecular weight excluding hydrogens is 236 g/mol. The van der Waals surface area contributed by atoms with Crippen LogP contribution in [0.5, 0.6) is 0 Å². The Hall–Kier alpha value is -1.69. The van der Waals surface area contributed by atoms with Crippen LogP contribution in [-0.2, 0) is 11.2 Å². The highest BCUT2D eigenvalue weighted by Gasteiger charge is 2.32. The Morgan fingerprint density at radius 3 is 2.82 bits per heavy atom. The van der Waals surface area contributed by atoms with Gasteiger partial charge in [0.25, 0.3) is 0 Å². The lowest BCUT2D eigenvalue weighted by Gasteiger charge is -2.38. The molecule has 3 rings (SSSR count). The predicted octanol–water partition coefficient (Wildman–Crippen LogP) is 0.966. The van der Waals surface area contributed by atoms with E-state index in [1.807, 2.05) is 21.7 Å². The highest BCUT2D eigenvalue weighted by molar-refractivity contribution is 7.07. The minimum atomic E-state index is 0.187. The summed E-state index contributed by atoms with van der Waals surface area (Å²) in [5.41, 5.74) is 1.10. The standard InChI is InChI=1S/C11H12N4OS/c16-11(5-9-1-4-17-8-9)14-6-10(7-14)15-12-2-3-13-15/h1-4,8,10H,5-7H2. The van der Waals surface area contributed by atoms with E-state index in [9.17, 15) is 4.79 Å². The van der Waals surface area contributed by atoms with Gasteiger partial charge in [-0.05, 0) is 22.4 Å². The summed E-state index contributed by atoms with van der Waals surface area (Å²) in [5.74, 6) is 0.187. The Bertz CT molecular complexity index is 488. The second-order valence-corrected chi connectivity index (χ2v) is 4.89. The van der Waals surface area contributed by atoms with Gasteiger partial charge in [0.1, 0.15) is 6.04 Å². The van der Waals surface area contributed by atoms with Crippen molar-refractivity contribution in [2.75, 3.05) is 13.1 Å². The van der Waals surface area contributed by atoms with Crippen LogP contribution >= 0.6 is 11.3 Å². The monoisotopic (exact) mass is 248 g/mol. The van der Waals surface area contributed by atoms with Gasteiger partial charge >= 0.3 is 0 Å². The third-order valence-corrected chi connectivity index (χ3v) is 3.65. The second kappa shape index (κ2) is 4.29. The normalized spacial score (nSPS) is 15.9. The molecule has 0 unspecified atom stereocenters. The zero-order valence-corrected chi connectivity index (χ0v) is 10.0. The molecule has 0 atom stereocenters. The molecule has 0 spiro atoms. The third-order valence-electron chi connectivity index (χ3n) is 2.91. The molecule has 88 valence electrons. The SMILES string of the molecule is O=C(Cc1ccsc1)N1CC(n2nccn2)C1. The van der Waals surface area contributed by atoms with Crippen molar-refractivity contribution in [3.8, 4) is 0 Å². The van der Waals surface area contributed by atoms with Gasteiger partial charge in [-0.1, -0.05) is 0 Å². The quantitative estimate of drug-likeness (QED) is 0.813. The summed E-state index contributed by atoms with van der Waals surface area (Å²) >= 11 is 1.62. The van der Waals surface area contributed by atoms with Crippen LogP contribution in [0.25, 0.3) is 0 Å². The van der Waals surface area contributed by atoms with Crippen LogP contribution in [0, 0.1) is 0 Å². The van der Waals surface area contributed by atoms with E-state index in [0.29, 0.717) is 6.42 Å². The first-order valence-electron chi connectivity index (χ1n) is 5.47. The van der Waals surface area contributed by atoms with E-state index in [-0.39, 0.29) is 11.9 Å². The van der Waals surface area contributed by atoms with Gasteiger partial charge in [0.2, 0.25) is 5.91 Å². The summed E-state index contributed by atoms with van der Waals surface area (Å²) in [6.45, 7) is 1.44.